The first-order valence-corrected chi connectivity index (χ1v) is 7.39. The maximum atomic E-state index is 12.0. The summed E-state index contributed by atoms with van der Waals surface area (Å²) in [7, 11) is 1.70. The molecule has 0 aromatic carbocycles. The first-order chi connectivity index (χ1) is 10.1. The number of nitrogens with one attached hydrogen (secondary N) is 1. The number of likely N-dealkylation sites (tertiary alicyclic amines) is 1. The van der Waals surface area contributed by atoms with Gasteiger partial charge in [0.2, 0.25) is 11.8 Å². The number of carbonyl (C=O) groups is 2. The van der Waals surface area contributed by atoms with E-state index in [4.69, 9.17) is 11.0 Å². The number of rotatable bonds is 7. The zero-order valence-electron chi connectivity index (χ0n) is 12.7. The molecule has 1 heterocycles. The molecule has 7 nitrogen and oxygen atoms in total. The molecule has 0 aromatic rings. The molecule has 118 valence electrons. The number of nitriles is 1. The van der Waals surface area contributed by atoms with Crippen molar-refractivity contribution in [2.24, 2.45) is 11.7 Å². The van der Waals surface area contributed by atoms with Gasteiger partial charge >= 0.3 is 0 Å². The third kappa shape index (κ3) is 6.10. The molecule has 1 saturated heterocycles. The van der Waals surface area contributed by atoms with Crippen LogP contribution in [-0.2, 0) is 9.59 Å². The number of amides is 2. The smallest absolute Gasteiger partial charge is 0.236 e. The highest BCUT2D eigenvalue weighted by molar-refractivity contribution is 5.80. The standard InChI is InChI=1S/C14H25N5O2/c1-18(8-3-5-15)13(20)11-19-9-2-4-12(10-19)14(21)17-7-6-16/h12H,2-4,6-11,16H2,1H3,(H,17,21). The average Bonchev–Trinajstić information content (AvgIpc) is 2.50. The van der Waals surface area contributed by atoms with Crippen molar-refractivity contribution in [2.75, 3.05) is 46.3 Å². The van der Waals surface area contributed by atoms with E-state index in [1.165, 1.54) is 0 Å². The number of piperidine rings is 1. The van der Waals surface area contributed by atoms with Crippen LogP contribution >= 0.6 is 0 Å². The molecule has 1 fully saturated rings. The Hall–Kier alpha value is -1.65. The molecule has 1 aliphatic rings. The van der Waals surface area contributed by atoms with Gasteiger partial charge < -0.3 is 16.0 Å². The van der Waals surface area contributed by atoms with Gasteiger partial charge in [-0.1, -0.05) is 0 Å². The summed E-state index contributed by atoms with van der Waals surface area (Å²) in [5, 5.41) is 11.3. The van der Waals surface area contributed by atoms with Crippen molar-refractivity contribution >= 4 is 11.8 Å². The highest BCUT2D eigenvalue weighted by atomic mass is 16.2. The molecule has 3 N–H and O–H groups in total. The third-order valence-corrected chi connectivity index (χ3v) is 3.66. The molecule has 0 radical (unpaired) electrons. The first kappa shape index (κ1) is 17.4. The Morgan fingerprint density at radius 3 is 2.95 bits per heavy atom. The Balaban J connectivity index is 2.40. The predicted octanol–water partition coefficient (Wildman–Crippen LogP) is -0.855. The Labute approximate surface area is 126 Å². The van der Waals surface area contributed by atoms with Crippen molar-refractivity contribution in [3.05, 3.63) is 0 Å². The largest absolute Gasteiger partial charge is 0.355 e. The summed E-state index contributed by atoms with van der Waals surface area (Å²) in [5.74, 6) is -0.0498. The molecule has 7 heteroatoms. The molecule has 1 aliphatic heterocycles. The summed E-state index contributed by atoms with van der Waals surface area (Å²) < 4.78 is 0. The molecule has 0 spiro atoms. The van der Waals surface area contributed by atoms with E-state index >= 15 is 0 Å². The van der Waals surface area contributed by atoms with E-state index in [0.717, 1.165) is 19.4 Å². The minimum absolute atomic E-state index is 0.00623. The topological polar surface area (TPSA) is 102 Å². The summed E-state index contributed by atoms with van der Waals surface area (Å²) in [5.41, 5.74) is 5.37. The summed E-state index contributed by atoms with van der Waals surface area (Å²) in [4.78, 5) is 27.5. The van der Waals surface area contributed by atoms with E-state index in [-0.39, 0.29) is 17.7 Å². The van der Waals surface area contributed by atoms with Gasteiger partial charge in [0, 0.05) is 33.2 Å². The molecule has 1 rings (SSSR count). The molecule has 0 saturated carbocycles. The Bertz CT molecular complexity index is 393. The minimum Gasteiger partial charge on any atom is -0.355 e. The van der Waals surface area contributed by atoms with Crippen LogP contribution in [0.4, 0.5) is 0 Å². The van der Waals surface area contributed by atoms with E-state index in [2.05, 4.69) is 5.32 Å². The van der Waals surface area contributed by atoms with E-state index < -0.39 is 0 Å². The predicted molar refractivity (Wildman–Crippen MR) is 79.1 cm³/mol. The Morgan fingerprint density at radius 2 is 2.29 bits per heavy atom. The Kier molecular flexibility index (Phi) is 7.72. The van der Waals surface area contributed by atoms with Gasteiger partial charge in [-0.05, 0) is 19.4 Å². The minimum atomic E-state index is -0.0671. The quantitative estimate of drug-likeness (QED) is 0.636. The number of carbonyl (C=O) groups excluding carboxylic acids is 2. The van der Waals surface area contributed by atoms with Crippen molar-refractivity contribution in [1.82, 2.24) is 15.1 Å². The van der Waals surface area contributed by atoms with Gasteiger partial charge in [-0.15, -0.1) is 0 Å². The van der Waals surface area contributed by atoms with Gasteiger partial charge in [0.05, 0.1) is 25.0 Å². The molecule has 1 unspecified atom stereocenters. The van der Waals surface area contributed by atoms with Crippen LogP contribution in [0, 0.1) is 17.2 Å². The van der Waals surface area contributed by atoms with Crippen molar-refractivity contribution < 1.29 is 9.59 Å². The zero-order chi connectivity index (χ0) is 15.7. The van der Waals surface area contributed by atoms with Gasteiger partial charge in [-0.25, -0.2) is 0 Å². The number of likely N-dealkylation sites (N-methyl/N-ethyl adjacent to an activating group) is 1. The molecular weight excluding hydrogens is 270 g/mol. The van der Waals surface area contributed by atoms with E-state index in [1.807, 2.05) is 11.0 Å². The van der Waals surface area contributed by atoms with Crippen LogP contribution in [0.25, 0.3) is 0 Å². The second kappa shape index (κ2) is 9.32. The Morgan fingerprint density at radius 1 is 1.52 bits per heavy atom. The lowest BCUT2D eigenvalue weighted by atomic mass is 9.97. The van der Waals surface area contributed by atoms with E-state index in [0.29, 0.717) is 39.1 Å². The SMILES string of the molecule is CN(CCC#N)C(=O)CN1CCCC(C(=O)NCCN)C1. The van der Waals surface area contributed by atoms with Crippen molar-refractivity contribution in [1.29, 1.82) is 5.26 Å². The molecule has 0 aromatic heterocycles. The fourth-order valence-electron chi connectivity index (χ4n) is 2.41. The first-order valence-electron chi connectivity index (χ1n) is 7.39. The molecular formula is C14H25N5O2. The van der Waals surface area contributed by atoms with Gasteiger partial charge in [0.15, 0.2) is 0 Å². The van der Waals surface area contributed by atoms with E-state index in [1.54, 1.807) is 11.9 Å². The fraction of sp³-hybridized carbons (Fsp3) is 0.786. The number of nitrogens with zero attached hydrogens (tertiary/aromatic N) is 3. The number of nitrogens with two attached hydrogens (primary N) is 1. The third-order valence-electron chi connectivity index (χ3n) is 3.66. The molecule has 1 atom stereocenters. The molecule has 21 heavy (non-hydrogen) atoms. The average molecular weight is 295 g/mol. The molecule has 0 bridgehead atoms. The van der Waals surface area contributed by atoms with Gasteiger partial charge in [-0.3, -0.25) is 14.5 Å². The second-order valence-corrected chi connectivity index (χ2v) is 5.38. The summed E-state index contributed by atoms with van der Waals surface area (Å²) in [6.45, 7) is 3.12. The van der Waals surface area contributed by atoms with Crippen LogP contribution in [0.5, 0.6) is 0 Å². The fourth-order valence-corrected chi connectivity index (χ4v) is 2.41. The summed E-state index contributed by atoms with van der Waals surface area (Å²) in [6, 6.07) is 2.03. The van der Waals surface area contributed by atoms with Crippen molar-refractivity contribution in [3.8, 4) is 6.07 Å². The summed E-state index contributed by atoms with van der Waals surface area (Å²) in [6.07, 6.45) is 2.10. The summed E-state index contributed by atoms with van der Waals surface area (Å²) >= 11 is 0. The van der Waals surface area contributed by atoms with Gasteiger partial charge in [0.1, 0.15) is 0 Å². The highest BCUT2D eigenvalue weighted by Crippen LogP contribution is 2.16. The van der Waals surface area contributed by atoms with Crippen LogP contribution in [0.15, 0.2) is 0 Å². The van der Waals surface area contributed by atoms with Gasteiger partial charge in [-0.2, -0.15) is 5.26 Å². The van der Waals surface area contributed by atoms with Crippen LogP contribution in [0.3, 0.4) is 0 Å². The van der Waals surface area contributed by atoms with Crippen LogP contribution in [0.2, 0.25) is 0 Å². The van der Waals surface area contributed by atoms with Crippen molar-refractivity contribution in [2.45, 2.75) is 19.3 Å². The molecule has 0 aliphatic carbocycles. The number of hydrogen-bond donors (Lipinski definition) is 2. The number of hydrogen-bond acceptors (Lipinski definition) is 5. The van der Waals surface area contributed by atoms with E-state index in [9.17, 15) is 9.59 Å². The maximum absolute atomic E-state index is 12.0. The van der Waals surface area contributed by atoms with Crippen LogP contribution in [0.1, 0.15) is 19.3 Å². The van der Waals surface area contributed by atoms with Crippen LogP contribution in [-0.4, -0.2) is 67.9 Å². The van der Waals surface area contributed by atoms with Gasteiger partial charge in [0.25, 0.3) is 0 Å². The van der Waals surface area contributed by atoms with Crippen molar-refractivity contribution in [3.63, 3.8) is 0 Å². The van der Waals surface area contributed by atoms with Crippen LogP contribution < -0.4 is 11.1 Å². The lowest BCUT2D eigenvalue weighted by molar-refractivity contribution is -0.133. The lowest BCUT2D eigenvalue weighted by Crippen LogP contribution is -2.47. The molecule has 2 amide bonds. The highest BCUT2D eigenvalue weighted by Gasteiger charge is 2.27. The second-order valence-electron chi connectivity index (χ2n) is 5.38. The normalized spacial score (nSPS) is 18.8. The monoisotopic (exact) mass is 295 g/mol. The maximum Gasteiger partial charge on any atom is 0.236 e. The zero-order valence-corrected chi connectivity index (χ0v) is 12.7. The lowest BCUT2D eigenvalue weighted by Gasteiger charge is -2.32.